The minimum atomic E-state index is -0.412. The molecule has 3 unspecified atom stereocenters. The highest BCUT2D eigenvalue weighted by Gasteiger charge is 2.48. The number of ether oxygens (including phenoxy) is 1. The molecule has 4 rings (SSSR count). The van der Waals surface area contributed by atoms with Crippen molar-refractivity contribution in [1.29, 1.82) is 0 Å². The Morgan fingerprint density at radius 2 is 2.00 bits per heavy atom. The largest absolute Gasteiger partial charge is 0.495 e. The predicted octanol–water partition coefficient (Wildman–Crippen LogP) is 2.91. The maximum Gasteiger partial charge on any atom is 0.238 e. The van der Waals surface area contributed by atoms with Crippen molar-refractivity contribution < 1.29 is 14.3 Å². The summed E-state index contributed by atoms with van der Waals surface area (Å²) < 4.78 is 5.92. The molecule has 10 heteroatoms. The van der Waals surface area contributed by atoms with Crippen molar-refractivity contribution in [3.63, 3.8) is 0 Å². The van der Waals surface area contributed by atoms with Crippen LogP contribution in [0.5, 0.6) is 5.75 Å². The number of hydrogen-bond acceptors (Lipinski definition) is 7. The Kier molecular flexibility index (Phi) is 6.71. The van der Waals surface area contributed by atoms with Gasteiger partial charge in [0.05, 0.1) is 18.6 Å². The lowest BCUT2D eigenvalue weighted by molar-refractivity contribution is -0.122. The van der Waals surface area contributed by atoms with Crippen LogP contribution in [0.25, 0.3) is 0 Å². The summed E-state index contributed by atoms with van der Waals surface area (Å²) in [7, 11) is 1.56. The van der Waals surface area contributed by atoms with E-state index in [1.54, 1.807) is 19.2 Å². The van der Waals surface area contributed by atoms with E-state index in [0.717, 1.165) is 11.3 Å². The maximum atomic E-state index is 12.7. The van der Waals surface area contributed by atoms with E-state index in [4.69, 9.17) is 17.0 Å². The van der Waals surface area contributed by atoms with Crippen molar-refractivity contribution in [3.8, 4) is 5.75 Å². The molecule has 0 saturated carbocycles. The van der Waals surface area contributed by atoms with Crippen LogP contribution < -0.4 is 25.6 Å². The van der Waals surface area contributed by atoms with Crippen LogP contribution in [0.15, 0.2) is 48.5 Å². The van der Waals surface area contributed by atoms with Crippen LogP contribution in [0.2, 0.25) is 0 Å². The number of para-hydroxylation sites is 3. The number of rotatable bonds is 6. The molecule has 31 heavy (non-hydrogen) atoms. The number of fused-ring (bicyclic) bond motifs is 1. The number of nitrogens with zero attached hydrogens (tertiary/aromatic N) is 1. The van der Waals surface area contributed by atoms with E-state index in [0.29, 0.717) is 15.8 Å². The molecule has 0 bridgehead atoms. The first-order chi connectivity index (χ1) is 15.0. The van der Waals surface area contributed by atoms with Crippen molar-refractivity contribution >= 4 is 63.3 Å². The second kappa shape index (κ2) is 9.47. The number of thioether (sulfide) groups is 2. The number of anilines is 2. The van der Waals surface area contributed by atoms with Gasteiger partial charge in [-0.15, -0.1) is 11.8 Å². The Balaban J connectivity index is 1.42. The molecule has 2 saturated heterocycles. The standard InChI is InChI=1S/C21H22N4O3S3/c1-12-7-3-5-9-14(12)25-18-17(31-21(25)29)19(27)24-20(23-18)30-11-16(26)22-13-8-4-6-10-15(13)28-2/h3-10,17-18,20,23H,11H2,1-2H3,(H,22,26)(H,24,27). The van der Waals surface area contributed by atoms with Gasteiger partial charge in [0.2, 0.25) is 11.8 Å². The van der Waals surface area contributed by atoms with E-state index >= 15 is 0 Å². The summed E-state index contributed by atoms with van der Waals surface area (Å²) in [5.41, 5.74) is 2.26. The van der Waals surface area contributed by atoms with E-state index in [9.17, 15) is 9.59 Å². The fourth-order valence-corrected chi connectivity index (χ4v) is 5.91. The van der Waals surface area contributed by atoms with Gasteiger partial charge in [-0.2, -0.15) is 0 Å². The smallest absolute Gasteiger partial charge is 0.238 e. The number of thiocarbonyl (C=S) groups is 1. The van der Waals surface area contributed by atoms with E-state index in [-0.39, 0.29) is 29.0 Å². The molecule has 162 valence electrons. The molecule has 2 fully saturated rings. The first kappa shape index (κ1) is 21.9. The molecule has 0 spiro atoms. The summed E-state index contributed by atoms with van der Waals surface area (Å²) in [6.07, 6.45) is -0.276. The zero-order valence-corrected chi connectivity index (χ0v) is 19.4. The van der Waals surface area contributed by atoms with E-state index in [1.165, 1.54) is 23.5 Å². The van der Waals surface area contributed by atoms with E-state index < -0.39 is 5.50 Å². The first-order valence-electron chi connectivity index (χ1n) is 9.64. The highest BCUT2D eigenvalue weighted by molar-refractivity contribution is 8.24. The molecule has 2 aromatic carbocycles. The van der Waals surface area contributed by atoms with Crippen molar-refractivity contribution in [3.05, 3.63) is 54.1 Å². The summed E-state index contributed by atoms with van der Waals surface area (Å²) in [6.45, 7) is 2.02. The minimum Gasteiger partial charge on any atom is -0.495 e. The summed E-state index contributed by atoms with van der Waals surface area (Å²) in [5.74, 6) is 0.489. The van der Waals surface area contributed by atoms with Crippen LogP contribution >= 0.6 is 35.7 Å². The number of carbonyl (C=O) groups excluding carboxylic acids is 2. The van der Waals surface area contributed by atoms with Gasteiger partial charge in [-0.3, -0.25) is 14.9 Å². The lowest BCUT2D eigenvalue weighted by atomic mass is 10.1. The third kappa shape index (κ3) is 4.67. The Bertz CT molecular complexity index is 1020. The second-order valence-corrected chi connectivity index (χ2v) is 9.89. The maximum absolute atomic E-state index is 12.7. The summed E-state index contributed by atoms with van der Waals surface area (Å²) in [5, 5.41) is 8.88. The van der Waals surface area contributed by atoms with Gasteiger partial charge >= 0.3 is 0 Å². The molecule has 2 aliphatic heterocycles. The van der Waals surface area contributed by atoms with Crippen LogP contribution in [-0.2, 0) is 9.59 Å². The Morgan fingerprint density at radius 3 is 2.77 bits per heavy atom. The first-order valence-corrected chi connectivity index (χ1v) is 12.0. The molecule has 0 aromatic heterocycles. The van der Waals surface area contributed by atoms with Gasteiger partial charge in [-0.1, -0.05) is 54.3 Å². The molecular weight excluding hydrogens is 452 g/mol. The van der Waals surface area contributed by atoms with Crippen molar-refractivity contribution in [2.24, 2.45) is 0 Å². The number of aryl methyl sites for hydroxylation is 1. The Morgan fingerprint density at radius 1 is 1.26 bits per heavy atom. The van der Waals surface area contributed by atoms with Crippen LogP contribution in [0, 0.1) is 6.92 Å². The number of methoxy groups -OCH3 is 1. The van der Waals surface area contributed by atoms with Crippen LogP contribution in [-0.4, -0.2) is 45.9 Å². The van der Waals surface area contributed by atoms with Gasteiger partial charge in [0.25, 0.3) is 0 Å². The molecule has 2 aromatic rings. The summed E-state index contributed by atoms with van der Waals surface area (Å²) >= 11 is 8.28. The summed E-state index contributed by atoms with van der Waals surface area (Å²) in [4.78, 5) is 27.2. The average Bonchev–Trinajstić information content (AvgIpc) is 3.09. The number of benzene rings is 2. The highest BCUT2D eigenvalue weighted by Crippen LogP contribution is 2.38. The molecule has 2 amide bonds. The van der Waals surface area contributed by atoms with E-state index in [2.05, 4.69) is 16.0 Å². The van der Waals surface area contributed by atoms with Gasteiger partial charge in [0.1, 0.15) is 27.0 Å². The predicted molar refractivity (Wildman–Crippen MR) is 131 cm³/mol. The third-order valence-corrected chi connectivity index (χ3v) is 7.61. The van der Waals surface area contributed by atoms with Crippen LogP contribution in [0.1, 0.15) is 5.56 Å². The molecule has 7 nitrogen and oxygen atoms in total. The zero-order valence-electron chi connectivity index (χ0n) is 17.0. The number of nitrogens with one attached hydrogen (secondary N) is 3. The van der Waals surface area contributed by atoms with Crippen molar-refractivity contribution in [2.75, 3.05) is 23.1 Å². The van der Waals surface area contributed by atoms with Crippen molar-refractivity contribution in [1.82, 2.24) is 10.6 Å². The number of hydrogen-bond donors (Lipinski definition) is 3. The number of carbonyl (C=O) groups is 2. The minimum absolute atomic E-state index is 0.0881. The Hall–Kier alpha value is -2.27. The van der Waals surface area contributed by atoms with Crippen LogP contribution in [0.3, 0.4) is 0 Å². The molecule has 2 heterocycles. The molecule has 0 aliphatic carbocycles. The number of amides is 2. The monoisotopic (exact) mass is 474 g/mol. The normalized spacial score (nSPS) is 22.6. The van der Waals surface area contributed by atoms with Gasteiger partial charge in [-0.25, -0.2) is 0 Å². The van der Waals surface area contributed by atoms with Gasteiger partial charge in [0, 0.05) is 5.69 Å². The second-order valence-electron chi connectivity index (χ2n) is 7.02. The molecule has 3 N–H and O–H groups in total. The lowest BCUT2D eigenvalue weighted by Crippen LogP contribution is -2.64. The highest BCUT2D eigenvalue weighted by atomic mass is 32.2. The zero-order chi connectivity index (χ0) is 22.0. The van der Waals surface area contributed by atoms with Crippen LogP contribution in [0.4, 0.5) is 11.4 Å². The fraction of sp³-hybridized carbons (Fsp3) is 0.286. The quantitative estimate of drug-likeness (QED) is 0.552. The molecule has 3 atom stereocenters. The summed E-state index contributed by atoms with van der Waals surface area (Å²) in [6, 6.07) is 15.2. The van der Waals surface area contributed by atoms with Gasteiger partial charge in [-0.05, 0) is 30.7 Å². The van der Waals surface area contributed by atoms with E-state index in [1.807, 2.05) is 48.2 Å². The third-order valence-electron chi connectivity index (χ3n) is 4.98. The Labute approximate surface area is 194 Å². The van der Waals surface area contributed by atoms with Gasteiger partial charge < -0.3 is 20.3 Å². The topological polar surface area (TPSA) is 82.7 Å². The molecule has 2 aliphatic rings. The van der Waals surface area contributed by atoms with Gasteiger partial charge in [0.15, 0.2) is 0 Å². The lowest BCUT2D eigenvalue weighted by Gasteiger charge is -2.37. The average molecular weight is 475 g/mol. The fourth-order valence-electron chi connectivity index (χ4n) is 3.51. The molecule has 0 radical (unpaired) electrons. The van der Waals surface area contributed by atoms with Crippen molar-refractivity contribution in [2.45, 2.75) is 23.8 Å². The SMILES string of the molecule is COc1ccccc1NC(=O)CSC1NC(=O)C2SC(=S)N(c3ccccc3C)C2N1. The molecular formula is C21H22N4O3S3.